The second kappa shape index (κ2) is 8.13. The van der Waals surface area contributed by atoms with Crippen LogP contribution in [0, 0.1) is 0 Å². The van der Waals surface area contributed by atoms with Gasteiger partial charge in [0, 0.05) is 23.0 Å². The van der Waals surface area contributed by atoms with E-state index >= 15 is 0 Å². The van der Waals surface area contributed by atoms with Crippen molar-refractivity contribution in [1.29, 1.82) is 0 Å². The van der Waals surface area contributed by atoms with Crippen LogP contribution in [0.25, 0.3) is 11.4 Å². The summed E-state index contributed by atoms with van der Waals surface area (Å²) in [7, 11) is 0. The molecule has 25 heavy (non-hydrogen) atoms. The van der Waals surface area contributed by atoms with E-state index in [2.05, 4.69) is 25.5 Å². The second-order valence-electron chi connectivity index (χ2n) is 5.34. The van der Waals surface area contributed by atoms with Crippen LogP contribution in [0.1, 0.15) is 18.5 Å². The fourth-order valence-electron chi connectivity index (χ4n) is 2.22. The molecule has 0 saturated carbocycles. The maximum absolute atomic E-state index is 12.1. The Labute approximate surface area is 154 Å². The van der Waals surface area contributed by atoms with Crippen LogP contribution in [0.2, 0.25) is 5.02 Å². The first-order valence-electron chi connectivity index (χ1n) is 7.62. The summed E-state index contributed by atoms with van der Waals surface area (Å²) in [5, 5.41) is 11.1. The van der Waals surface area contributed by atoms with Gasteiger partial charge in [0.05, 0.1) is 11.8 Å². The molecule has 6 nitrogen and oxygen atoms in total. The van der Waals surface area contributed by atoms with Crippen LogP contribution < -0.4 is 5.32 Å². The summed E-state index contributed by atoms with van der Waals surface area (Å²) in [5.41, 5.74) is 1.86. The van der Waals surface area contributed by atoms with Crippen LogP contribution in [0.3, 0.4) is 0 Å². The van der Waals surface area contributed by atoms with E-state index in [1.54, 1.807) is 18.5 Å². The fourth-order valence-corrected chi connectivity index (χ4v) is 3.03. The van der Waals surface area contributed by atoms with Crippen molar-refractivity contribution in [3.05, 3.63) is 59.4 Å². The normalized spacial score (nSPS) is 11.9. The first-order valence-corrected chi connectivity index (χ1v) is 8.98. The van der Waals surface area contributed by atoms with E-state index in [0.29, 0.717) is 16.0 Å². The number of aromatic amines is 1. The molecule has 3 aromatic rings. The van der Waals surface area contributed by atoms with E-state index in [9.17, 15) is 4.79 Å². The summed E-state index contributed by atoms with van der Waals surface area (Å²) in [6.45, 7) is 1.92. The molecule has 1 atom stereocenters. The molecule has 2 aromatic heterocycles. The van der Waals surface area contributed by atoms with E-state index in [1.807, 2.05) is 37.3 Å². The molecule has 0 aliphatic carbocycles. The van der Waals surface area contributed by atoms with Crippen molar-refractivity contribution in [2.24, 2.45) is 0 Å². The summed E-state index contributed by atoms with van der Waals surface area (Å²) < 4.78 is 0. The lowest BCUT2D eigenvalue weighted by Gasteiger charge is -2.14. The first-order chi connectivity index (χ1) is 12.1. The highest BCUT2D eigenvalue weighted by atomic mass is 35.5. The molecule has 128 valence electrons. The number of rotatable bonds is 6. The van der Waals surface area contributed by atoms with Gasteiger partial charge in [0.1, 0.15) is 0 Å². The molecule has 0 bridgehead atoms. The third-order valence-electron chi connectivity index (χ3n) is 3.48. The molecular formula is C17H16ClN5OS. The van der Waals surface area contributed by atoms with Gasteiger partial charge >= 0.3 is 0 Å². The van der Waals surface area contributed by atoms with E-state index in [4.69, 9.17) is 11.6 Å². The van der Waals surface area contributed by atoms with Gasteiger partial charge < -0.3 is 5.32 Å². The van der Waals surface area contributed by atoms with Crippen molar-refractivity contribution in [3.8, 4) is 11.4 Å². The lowest BCUT2D eigenvalue weighted by molar-refractivity contribution is -0.119. The van der Waals surface area contributed by atoms with Gasteiger partial charge in [-0.15, -0.1) is 5.10 Å². The lowest BCUT2D eigenvalue weighted by atomic mass is 10.1. The predicted molar refractivity (Wildman–Crippen MR) is 98.3 cm³/mol. The molecule has 0 radical (unpaired) electrons. The summed E-state index contributed by atoms with van der Waals surface area (Å²) in [6.07, 6.45) is 3.38. The van der Waals surface area contributed by atoms with Crippen molar-refractivity contribution < 1.29 is 4.79 Å². The third kappa shape index (κ3) is 4.80. The molecule has 1 amide bonds. The Balaban J connectivity index is 1.53. The van der Waals surface area contributed by atoms with Crippen molar-refractivity contribution in [2.75, 3.05) is 5.75 Å². The van der Waals surface area contributed by atoms with Crippen molar-refractivity contribution in [1.82, 2.24) is 25.5 Å². The Morgan fingerprint density at radius 2 is 2.12 bits per heavy atom. The van der Waals surface area contributed by atoms with Crippen LogP contribution in [-0.4, -0.2) is 31.8 Å². The largest absolute Gasteiger partial charge is 0.349 e. The highest BCUT2D eigenvalue weighted by Crippen LogP contribution is 2.20. The zero-order valence-corrected chi connectivity index (χ0v) is 15.0. The quantitative estimate of drug-likeness (QED) is 0.646. The van der Waals surface area contributed by atoms with Gasteiger partial charge in [-0.2, -0.15) is 0 Å². The highest BCUT2D eigenvalue weighted by molar-refractivity contribution is 7.99. The number of hydrogen-bond donors (Lipinski definition) is 2. The molecule has 0 unspecified atom stereocenters. The van der Waals surface area contributed by atoms with Crippen LogP contribution >= 0.6 is 23.4 Å². The highest BCUT2D eigenvalue weighted by Gasteiger charge is 2.12. The maximum atomic E-state index is 12.1. The lowest BCUT2D eigenvalue weighted by Crippen LogP contribution is -2.28. The molecule has 2 heterocycles. The van der Waals surface area contributed by atoms with Crippen LogP contribution in [-0.2, 0) is 4.79 Å². The Morgan fingerprint density at radius 1 is 1.32 bits per heavy atom. The minimum atomic E-state index is -0.119. The Kier molecular flexibility index (Phi) is 5.67. The van der Waals surface area contributed by atoms with E-state index in [0.717, 1.165) is 11.1 Å². The molecule has 1 aromatic carbocycles. The SMILES string of the molecule is C[C@H](NC(=O)CSc1n[nH]c(-c2ccncc2)n1)c1cccc(Cl)c1. The fraction of sp³-hybridized carbons (Fsp3) is 0.176. The molecule has 3 rings (SSSR count). The Bertz CT molecular complexity index is 855. The number of carbonyl (C=O) groups excluding carboxylic acids is 1. The number of nitrogens with zero attached hydrogens (tertiary/aromatic N) is 3. The molecule has 0 fully saturated rings. The number of nitrogens with one attached hydrogen (secondary N) is 2. The zero-order valence-electron chi connectivity index (χ0n) is 13.4. The van der Waals surface area contributed by atoms with Gasteiger partial charge in [0.25, 0.3) is 0 Å². The summed E-state index contributed by atoms with van der Waals surface area (Å²) in [6, 6.07) is 11.0. The van der Waals surface area contributed by atoms with Gasteiger partial charge in [-0.05, 0) is 36.8 Å². The molecule has 8 heteroatoms. The first kappa shape index (κ1) is 17.4. The van der Waals surface area contributed by atoms with E-state index in [1.165, 1.54) is 11.8 Å². The molecular weight excluding hydrogens is 358 g/mol. The second-order valence-corrected chi connectivity index (χ2v) is 6.71. The number of benzene rings is 1. The standard InChI is InChI=1S/C17H16ClN5OS/c1-11(13-3-2-4-14(18)9-13)20-15(24)10-25-17-21-16(22-23-17)12-5-7-19-8-6-12/h2-9,11H,10H2,1H3,(H,20,24)(H,21,22,23)/t11-/m0/s1. The molecule has 0 saturated heterocycles. The Hall–Kier alpha value is -2.38. The monoisotopic (exact) mass is 373 g/mol. The van der Waals surface area contributed by atoms with E-state index < -0.39 is 0 Å². The van der Waals surface area contributed by atoms with E-state index in [-0.39, 0.29) is 17.7 Å². The van der Waals surface area contributed by atoms with Crippen molar-refractivity contribution >= 4 is 29.3 Å². The van der Waals surface area contributed by atoms with Crippen LogP contribution in [0.5, 0.6) is 0 Å². The summed E-state index contributed by atoms with van der Waals surface area (Å²) in [5.74, 6) is 0.795. The number of amides is 1. The number of H-pyrrole nitrogens is 1. The van der Waals surface area contributed by atoms with Crippen LogP contribution in [0.15, 0.2) is 53.9 Å². The number of pyridine rings is 1. The number of halogens is 1. The predicted octanol–water partition coefficient (Wildman–Crippen LogP) is 3.49. The molecule has 2 N–H and O–H groups in total. The topological polar surface area (TPSA) is 83.6 Å². The molecule has 0 aliphatic heterocycles. The number of carbonyl (C=O) groups is 1. The zero-order chi connectivity index (χ0) is 17.6. The van der Waals surface area contributed by atoms with Gasteiger partial charge in [0.2, 0.25) is 11.1 Å². The minimum Gasteiger partial charge on any atom is -0.349 e. The van der Waals surface area contributed by atoms with Gasteiger partial charge in [-0.1, -0.05) is 35.5 Å². The minimum absolute atomic E-state index is 0.0901. The van der Waals surface area contributed by atoms with Gasteiger partial charge in [-0.25, -0.2) is 4.98 Å². The molecule has 0 aliphatic rings. The summed E-state index contributed by atoms with van der Waals surface area (Å²) >= 11 is 7.26. The van der Waals surface area contributed by atoms with Gasteiger partial charge in [0.15, 0.2) is 5.82 Å². The summed E-state index contributed by atoms with van der Waals surface area (Å²) in [4.78, 5) is 20.5. The average Bonchev–Trinajstić information content (AvgIpc) is 3.10. The maximum Gasteiger partial charge on any atom is 0.230 e. The average molecular weight is 374 g/mol. The third-order valence-corrected chi connectivity index (χ3v) is 4.56. The Morgan fingerprint density at radius 3 is 2.88 bits per heavy atom. The smallest absolute Gasteiger partial charge is 0.230 e. The number of thioether (sulfide) groups is 1. The van der Waals surface area contributed by atoms with Crippen LogP contribution in [0.4, 0.5) is 0 Å². The van der Waals surface area contributed by atoms with Crippen molar-refractivity contribution in [3.63, 3.8) is 0 Å². The molecule has 0 spiro atoms. The van der Waals surface area contributed by atoms with Gasteiger partial charge in [-0.3, -0.25) is 14.9 Å². The van der Waals surface area contributed by atoms with Crippen molar-refractivity contribution in [2.45, 2.75) is 18.1 Å². The number of hydrogen-bond acceptors (Lipinski definition) is 5. The number of aromatic nitrogens is 4.